The first-order valence-electron chi connectivity index (χ1n) is 5.42. The topological polar surface area (TPSA) is 148 Å². The van der Waals surface area contributed by atoms with Crippen LogP contribution in [-0.4, -0.2) is 57.8 Å². The highest BCUT2D eigenvalue weighted by molar-refractivity contribution is 8.00. The zero-order valence-electron chi connectivity index (χ0n) is 10.4. The molecule has 1 fully saturated rings. The van der Waals surface area contributed by atoms with E-state index in [1.165, 1.54) is 7.11 Å². The molecular formula is C10H12N4O5S. The maximum atomic E-state index is 12.1. The lowest BCUT2D eigenvalue weighted by Crippen LogP contribution is -2.79. The highest BCUT2D eigenvalue weighted by Gasteiger charge is 2.62. The van der Waals surface area contributed by atoms with Crippen LogP contribution in [-0.2, 0) is 19.2 Å². The number of β-lactam (4-membered cyclic amide) rings is 1. The lowest BCUT2D eigenvalue weighted by atomic mass is 9.88. The number of carbonyl (C=O) groups is 3. The Bertz CT molecular complexity index is 560. The van der Waals surface area contributed by atoms with Gasteiger partial charge in [0.1, 0.15) is 18.2 Å². The van der Waals surface area contributed by atoms with Gasteiger partial charge in [0.2, 0.25) is 5.91 Å². The van der Waals surface area contributed by atoms with Crippen LogP contribution in [0.3, 0.4) is 0 Å². The maximum absolute atomic E-state index is 12.1. The van der Waals surface area contributed by atoms with Crippen molar-refractivity contribution in [3.8, 4) is 0 Å². The van der Waals surface area contributed by atoms with Crippen LogP contribution in [0, 0.1) is 0 Å². The summed E-state index contributed by atoms with van der Waals surface area (Å²) >= 11 is 1.14. The van der Waals surface area contributed by atoms with Crippen LogP contribution in [0.1, 0.15) is 0 Å². The molecule has 5 N–H and O–H groups in total. The third-order valence-electron chi connectivity index (χ3n) is 3.02. The fraction of sp³-hybridized carbons (Fsp3) is 0.400. The van der Waals surface area contributed by atoms with Crippen molar-refractivity contribution in [2.24, 2.45) is 16.6 Å². The number of primary amides is 1. The van der Waals surface area contributed by atoms with E-state index in [2.05, 4.69) is 9.99 Å². The Hall–Kier alpha value is -2.07. The van der Waals surface area contributed by atoms with Gasteiger partial charge in [-0.25, -0.2) is 4.79 Å². The summed E-state index contributed by atoms with van der Waals surface area (Å²) in [6.45, 7) is 0. The van der Waals surface area contributed by atoms with Gasteiger partial charge in [0, 0.05) is 5.75 Å². The van der Waals surface area contributed by atoms with Gasteiger partial charge in [0.05, 0.1) is 11.8 Å². The highest BCUT2D eigenvalue weighted by atomic mass is 32.2. The number of fused-ring (bicyclic) bond motifs is 1. The second-order valence-electron chi connectivity index (χ2n) is 4.19. The Kier molecular flexibility index (Phi) is 3.44. The number of hydrogen-bond donors (Lipinski definition) is 3. The molecule has 0 saturated carbocycles. The minimum absolute atomic E-state index is 0.0607. The molecular weight excluding hydrogens is 288 g/mol. The molecule has 0 aromatic heterocycles. The smallest absolute Gasteiger partial charge is 0.353 e. The molecule has 1 saturated heterocycles. The molecule has 0 aromatic rings. The first kappa shape index (κ1) is 14.3. The summed E-state index contributed by atoms with van der Waals surface area (Å²) in [7, 11) is 1.29. The van der Waals surface area contributed by atoms with Crippen LogP contribution in [0.4, 0.5) is 0 Å². The standard InChI is InChI=1S/C10H12N4O5S/c1-19-13-3-10(12)8(18)14-5(7(16)17)4(6(11)15)2-20-9(10)14/h3,9H,2,12H2,1H3,(H2,11,15)(H,16,17)/t9-,10+/m0/s1. The molecule has 9 nitrogen and oxygen atoms in total. The van der Waals surface area contributed by atoms with Gasteiger partial charge >= 0.3 is 5.97 Å². The Morgan fingerprint density at radius 2 is 2.30 bits per heavy atom. The number of aliphatic carboxylic acids is 1. The SMILES string of the molecule is CON=C[C@@]1(N)C(=O)N2C(C(=O)O)=C(C(N)=O)CS[C@H]21. The summed E-state index contributed by atoms with van der Waals surface area (Å²) in [5.74, 6) is -2.89. The number of oxime groups is 1. The summed E-state index contributed by atoms with van der Waals surface area (Å²) in [6.07, 6.45) is 1.12. The number of carboxylic acids is 1. The number of amides is 2. The van der Waals surface area contributed by atoms with Crippen molar-refractivity contribution in [2.75, 3.05) is 12.9 Å². The predicted molar refractivity (Wildman–Crippen MR) is 69.4 cm³/mol. The van der Waals surface area contributed by atoms with Crippen molar-refractivity contribution in [2.45, 2.75) is 10.9 Å². The Morgan fingerprint density at radius 1 is 1.65 bits per heavy atom. The lowest BCUT2D eigenvalue weighted by molar-refractivity contribution is -0.150. The van der Waals surface area contributed by atoms with Gasteiger partial charge in [0.15, 0.2) is 5.54 Å². The van der Waals surface area contributed by atoms with E-state index in [1.54, 1.807) is 0 Å². The van der Waals surface area contributed by atoms with E-state index in [1.807, 2.05) is 0 Å². The zero-order chi connectivity index (χ0) is 15.1. The molecule has 0 aliphatic carbocycles. The number of nitrogens with two attached hydrogens (primary N) is 2. The van der Waals surface area contributed by atoms with Crippen LogP contribution in [0.2, 0.25) is 0 Å². The van der Waals surface area contributed by atoms with Gasteiger partial charge in [-0.2, -0.15) is 0 Å². The van der Waals surface area contributed by atoms with Gasteiger partial charge in [-0.05, 0) is 0 Å². The molecule has 0 aromatic carbocycles. The molecule has 2 heterocycles. The largest absolute Gasteiger partial charge is 0.477 e. The van der Waals surface area contributed by atoms with Crippen molar-refractivity contribution < 1.29 is 24.3 Å². The van der Waals surface area contributed by atoms with Crippen LogP contribution in [0.25, 0.3) is 0 Å². The number of nitrogens with zero attached hydrogens (tertiary/aromatic N) is 2. The van der Waals surface area contributed by atoms with Crippen LogP contribution < -0.4 is 11.5 Å². The van der Waals surface area contributed by atoms with Crippen molar-refractivity contribution in [1.82, 2.24) is 4.90 Å². The van der Waals surface area contributed by atoms with Crippen LogP contribution >= 0.6 is 11.8 Å². The van der Waals surface area contributed by atoms with Crippen LogP contribution in [0.5, 0.6) is 0 Å². The summed E-state index contributed by atoms with van der Waals surface area (Å²) in [5.41, 5.74) is 9.04. The molecule has 10 heteroatoms. The van der Waals surface area contributed by atoms with E-state index in [9.17, 15) is 19.5 Å². The average molecular weight is 300 g/mol. The third kappa shape index (κ3) is 1.84. The van der Waals surface area contributed by atoms with E-state index in [0.717, 1.165) is 22.9 Å². The molecule has 0 bridgehead atoms. The molecule has 2 aliphatic rings. The number of rotatable bonds is 4. The number of carboxylic acid groups (broad SMARTS) is 1. The predicted octanol–water partition coefficient (Wildman–Crippen LogP) is -1.94. The van der Waals surface area contributed by atoms with Gasteiger partial charge in [-0.15, -0.1) is 11.8 Å². The van der Waals surface area contributed by atoms with Gasteiger partial charge in [-0.3, -0.25) is 14.5 Å². The molecule has 2 atom stereocenters. The van der Waals surface area contributed by atoms with Crippen molar-refractivity contribution >= 4 is 35.8 Å². The summed E-state index contributed by atoms with van der Waals surface area (Å²) < 4.78 is 0. The molecule has 2 rings (SSSR count). The number of thioether (sulfide) groups is 1. The van der Waals surface area contributed by atoms with Gasteiger partial charge in [-0.1, -0.05) is 5.16 Å². The van der Waals surface area contributed by atoms with E-state index in [0.29, 0.717) is 0 Å². The second-order valence-corrected chi connectivity index (χ2v) is 5.25. The normalized spacial score (nSPS) is 29.2. The number of hydrogen-bond acceptors (Lipinski definition) is 7. The molecule has 0 radical (unpaired) electrons. The van der Waals surface area contributed by atoms with Crippen molar-refractivity contribution in [3.05, 3.63) is 11.3 Å². The highest BCUT2D eigenvalue weighted by Crippen LogP contribution is 2.44. The molecule has 0 spiro atoms. The Balaban J connectivity index is 2.42. The van der Waals surface area contributed by atoms with Crippen LogP contribution in [0.15, 0.2) is 16.4 Å². The zero-order valence-corrected chi connectivity index (χ0v) is 11.2. The lowest BCUT2D eigenvalue weighted by Gasteiger charge is -2.53. The van der Waals surface area contributed by atoms with Gasteiger partial charge in [0.25, 0.3) is 5.91 Å². The number of carbonyl (C=O) groups excluding carboxylic acids is 2. The minimum atomic E-state index is -1.45. The molecule has 0 unspecified atom stereocenters. The average Bonchev–Trinajstić information content (AvgIpc) is 2.42. The first-order chi connectivity index (χ1) is 9.34. The fourth-order valence-electron chi connectivity index (χ4n) is 2.05. The monoisotopic (exact) mass is 300 g/mol. The van der Waals surface area contributed by atoms with E-state index < -0.39 is 34.4 Å². The summed E-state index contributed by atoms with van der Waals surface area (Å²) in [4.78, 5) is 40.1. The van der Waals surface area contributed by atoms with E-state index >= 15 is 0 Å². The Morgan fingerprint density at radius 3 is 2.80 bits per heavy atom. The fourth-order valence-corrected chi connectivity index (χ4v) is 3.45. The molecule has 2 aliphatic heterocycles. The molecule has 20 heavy (non-hydrogen) atoms. The van der Waals surface area contributed by atoms with Gasteiger partial charge < -0.3 is 21.4 Å². The quantitative estimate of drug-likeness (QED) is 0.310. The second kappa shape index (κ2) is 4.80. The maximum Gasteiger partial charge on any atom is 0.353 e. The Labute approximate surface area is 117 Å². The van der Waals surface area contributed by atoms with E-state index in [4.69, 9.17) is 11.5 Å². The summed E-state index contributed by atoms with van der Waals surface area (Å²) in [5, 5.41) is 12.0. The van der Waals surface area contributed by atoms with Crippen molar-refractivity contribution in [3.63, 3.8) is 0 Å². The minimum Gasteiger partial charge on any atom is -0.477 e. The first-order valence-corrected chi connectivity index (χ1v) is 6.47. The third-order valence-corrected chi connectivity index (χ3v) is 4.39. The molecule has 108 valence electrons. The van der Waals surface area contributed by atoms with E-state index in [-0.39, 0.29) is 11.3 Å². The summed E-state index contributed by atoms with van der Waals surface area (Å²) in [6, 6.07) is 0. The van der Waals surface area contributed by atoms with Crippen molar-refractivity contribution in [1.29, 1.82) is 0 Å². The molecule has 2 amide bonds.